The van der Waals surface area contributed by atoms with E-state index in [9.17, 15) is 9.18 Å². The molecule has 0 unspecified atom stereocenters. The SMILES string of the molecule is Cc1nn(Cc2nccn2Cc2ccccc2)c(=O)c(/C=C/c2cccc(F)c2)c1-c1ccccc1OCc1ccccc1. The molecule has 0 atom stereocenters. The van der Waals surface area contributed by atoms with Gasteiger partial charge in [-0.25, -0.2) is 14.1 Å². The van der Waals surface area contributed by atoms with Gasteiger partial charge in [-0.15, -0.1) is 0 Å². The van der Waals surface area contributed by atoms with Crippen LogP contribution in [-0.4, -0.2) is 19.3 Å². The topological polar surface area (TPSA) is 61.9 Å². The lowest BCUT2D eigenvalue weighted by Crippen LogP contribution is -2.28. The average molecular weight is 583 g/mol. The van der Waals surface area contributed by atoms with Crippen molar-refractivity contribution in [3.05, 3.63) is 172 Å². The molecule has 0 N–H and O–H groups in total. The Morgan fingerprint density at radius 1 is 0.818 bits per heavy atom. The van der Waals surface area contributed by atoms with Gasteiger partial charge >= 0.3 is 0 Å². The van der Waals surface area contributed by atoms with Crippen LogP contribution in [0.25, 0.3) is 23.3 Å². The van der Waals surface area contributed by atoms with Crippen LogP contribution >= 0.6 is 0 Å². The molecule has 0 saturated carbocycles. The minimum atomic E-state index is -0.347. The Bertz CT molecular complexity index is 1960. The summed E-state index contributed by atoms with van der Waals surface area (Å²) in [5.41, 5.74) is 5.01. The lowest BCUT2D eigenvalue weighted by atomic mass is 9.97. The number of aromatic nitrogens is 4. The Hall–Kier alpha value is -5.56. The molecule has 0 aliphatic heterocycles. The third-order valence-corrected chi connectivity index (χ3v) is 7.34. The summed E-state index contributed by atoms with van der Waals surface area (Å²) in [4.78, 5) is 18.7. The second kappa shape index (κ2) is 13.2. The number of rotatable bonds is 10. The quantitative estimate of drug-likeness (QED) is 0.169. The van der Waals surface area contributed by atoms with Crippen molar-refractivity contribution in [2.75, 3.05) is 0 Å². The van der Waals surface area contributed by atoms with E-state index in [4.69, 9.17) is 9.84 Å². The maximum atomic E-state index is 14.2. The van der Waals surface area contributed by atoms with Gasteiger partial charge in [0.25, 0.3) is 5.56 Å². The van der Waals surface area contributed by atoms with Crippen molar-refractivity contribution < 1.29 is 9.13 Å². The maximum absolute atomic E-state index is 14.2. The Morgan fingerprint density at radius 3 is 2.32 bits per heavy atom. The minimum absolute atomic E-state index is 0.187. The monoisotopic (exact) mass is 582 g/mol. The van der Waals surface area contributed by atoms with E-state index in [-0.39, 0.29) is 17.9 Å². The second-order valence-corrected chi connectivity index (χ2v) is 10.5. The molecule has 6 rings (SSSR count). The number of hydrogen-bond acceptors (Lipinski definition) is 4. The smallest absolute Gasteiger partial charge is 0.275 e. The van der Waals surface area contributed by atoms with Crippen LogP contribution in [0.1, 0.15) is 33.8 Å². The molecule has 0 saturated heterocycles. The molecular weight excluding hydrogens is 551 g/mol. The van der Waals surface area contributed by atoms with E-state index in [1.807, 2.05) is 90.5 Å². The predicted molar refractivity (Wildman–Crippen MR) is 172 cm³/mol. The highest BCUT2D eigenvalue weighted by molar-refractivity contribution is 5.84. The standard InChI is InChI=1S/C37H31FN4O2/c1-27-36(32-17-8-9-18-34(32)44-26-30-13-6-3-7-14-30)33(20-19-28-15-10-16-31(38)23-28)37(43)42(40-27)25-35-39-21-22-41(35)24-29-11-4-2-5-12-29/h2-23H,24-26H2,1H3/b20-19+. The number of para-hydroxylation sites is 1. The van der Waals surface area contributed by atoms with E-state index in [0.717, 1.165) is 16.7 Å². The van der Waals surface area contributed by atoms with E-state index >= 15 is 0 Å². The molecule has 0 aliphatic rings. The summed E-state index contributed by atoms with van der Waals surface area (Å²) < 4.78 is 23.7. The third-order valence-electron chi connectivity index (χ3n) is 7.34. The molecule has 44 heavy (non-hydrogen) atoms. The number of halogens is 1. The molecule has 0 fully saturated rings. The van der Waals surface area contributed by atoms with Crippen molar-refractivity contribution in [3.63, 3.8) is 0 Å². The van der Waals surface area contributed by atoms with E-state index in [0.29, 0.717) is 47.1 Å². The molecule has 2 aromatic heterocycles. The zero-order valence-corrected chi connectivity index (χ0v) is 24.3. The normalized spacial score (nSPS) is 11.2. The molecule has 2 heterocycles. The molecular formula is C37H31FN4O2. The third kappa shape index (κ3) is 6.57. The lowest BCUT2D eigenvalue weighted by Gasteiger charge is -2.17. The zero-order chi connectivity index (χ0) is 30.3. The van der Waals surface area contributed by atoms with E-state index in [1.54, 1.807) is 30.5 Å². The molecule has 0 radical (unpaired) electrons. The van der Waals surface area contributed by atoms with Crippen LogP contribution < -0.4 is 10.3 Å². The Balaban J connectivity index is 1.42. The second-order valence-electron chi connectivity index (χ2n) is 10.5. The van der Waals surface area contributed by atoms with Gasteiger partial charge in [0.1, 0.15) is 30.5 Å². The molecule has 0 aliphatic carbocycles. The van der Waals surface area contributed by atoms with Crippen molar-refractivity contribution in [2.45, 2.75) is 26.6 Å². The average Bonchev–Trinajstić information content (AvgIpc) is 3.48. The highest BCUT2D eigenvalue weighted by Crippen LogP contribution is 2.34. The van der Waals surface area contributed by atoms with Gasteiger partial charge in [-0.2, -0.15) is 5.10 Å². The molecule has 6 nitrogen and oxygen atoms in total. The first-order valence-electron chi connectivity index (χ1n) is 14.4. The largest absolute Gasteiger partial charge is 0.488 e. The fourth-order valence-electron chi connectivity index (χ4n) is 5.19. The summed E-state index contributed by atoms with van der Waals surface area (Å²) in [5.74, 6) is 1.00. The van der Waals surface area contributed by atoms with Crippen molar-refractivity contribution in [3.8, 4) is 16.9 Å². The van der Waals surface area contributed by atoms with Crippen LogP contribution in [0.15, 0.2) is 126 Å². The Labute approximate surface area is 255 Å². The van der Waals surface area contributed by atoms with Gasteiger partial charge in [0.05, 0.1) is 11.3 Å². The summed E-state index contributed by atoms with van der Waals surface area (Å²) in [6.45, 7) is 3.07. The Morgan fingerprint density at radius 2 is 1.55 bits per heavy atom. The minimum Gasteiger partial charge on any atom is -0.488 e. The maximum Gasteiger partial charge on any atom is 0.275 e. The number of ether oxygens (including phenoxy) is 1. The van der Waals surface area contributed by atoms with Crippen molar-refractivity contribution >= 4 is 12.2 Å². The van der Waals surface area contributed by atoms with Crippen LogP contribution in [0.3, 0.4) is 0 Å². The van der Waals surface area contributed by atoms with Gasteiger partial charge < -0.3 is 9.30 Å². The number of imidazole rings is 1. The zero-order valence-electron chi connectivity index (χ0n) is 24.3. The number of aryl methyl sites for hydroxylation is 1. The number of hydrogen-bond donors (Lipinski definition) is 0. The molecule has 0 bridgehead atoms. The lowest BCUT2D eigenvalue weighted by molar-refractivity contribution is 0.307. The summed E-state index contributed by atoms with van der Waals surface area (Å²) in [6, 6.07) is 33.9. The van der Waals surface area contributed by atoms with Crippen molar-refractivity contribution in [1.82, 2.24) is 19.3 Å². The highest BCUT2D eigenvalue weighted by atomic mass is 19.1. The van der Waals surface area contributed by atoms with Crippen LogP contribution in [0.2, 0.25) is 0 Å². The summed E-state index contributed by atoms with van der Waals surface area (Å²) in [7, 11) is 0. The molecule has 4 aromatic carbocycles. The highest BCUT2D eigenvalue weighted by Gasteiger charge is 2.19. The van der Waals surface area contributed by atoms with Crippen molar-refractivity contribution in [1.29, 1.82) is 0 Å². The first-order valence-corrected chi connectivity index (χ1v) is 14.4. The fourth-order valence-corrected chi connectivity index (χ4v) is 5.19. The summed E-state index contributed by atoms with van der Waals surface area (Å²) in [6.07, 6.45) is 7.12. The van der Waals surface area contributed by atoms with E-state index < -0.39 is 0 Å². The molecule has 7 heteroatoms. The number of nitrogens with zero attached hydrogens (tertiary/aromatic N) is 4. The van der Waals surface area contributed by atoms with Gasteiger partial charge in [0.15, 0.2) is 0 Å². The first-order chi connectivity index (χ1) is 21.5. The molecule has 218 valence electrons. The Kier molecular flexibility index (Phi) is 8.55. The van der Waals surface area contributed by atoms with Gasteiger partial charge in [0, 0.05) is 30.1 Å². The molecule has 0 amide bonds. The fraction of sp³-hybridized carbons (Fsp3) is 0.108. The van der Waals surface area contributed by atoms with Crippen LogP contribution in [-0.2, 0) is 19.7 Å². The van der Waals surface area contributed by atoms with Gasteiger partial charge in [-0.3, -0.25) is 4.79 Å². The number of benzene rings is 4. The predicted octanol–water partition coefficient (Wildman–Crippen LogP) is 7.40. The van der Waals surface area contributed by atoms with Gasteiger partial charge in [-0.1, -0.05) is 97.1 Å². The van der Waals surface area contributed by atoms with Gasteiger partial charge in [0.2, 0.25) is 0 Å². The molecule has 0 spiro atoms. The first kappa shape index (κ1) is 28.6. The van der Waals surface area contributed by atoms with Crippen LogP contribution in [0.5, 0.6) is 5.75 Å². The summed E-state index contributed by atoms with van der Waals surface area (Å²) in [5, 5.41) is 4.76. The van der Waals surface area contributed by atoms with Crippen molar-refractivity contribution in [2.24, 2.45) is 0 Å². The molecule has 6 aromatic rings. The van der Waals surface area contributed by atoms with Gasteiger partial charge in [-0.05, 0) is 47.9 Å². The van der Waals surface area contributed by atoms with Crippen LogP contribution in [0.4, 0.5) is 4.39 Å². The van der Waals surface area contributed by atoms with E-state index in [1.165, 1.54) is 16.8 Å². The van der Waals surface area contributed by atoms with E-state index in [2.05, 4.69) is 17.1 Å². The van der Waals surface area contributed by atoms with Crippen LogP contribution in [0, 0.1) is 12.7 Å². The summed E-state index contributed by atoms with van der Waals surface area (Å²) >= 11 is 0.